The summed E-state index contributed by atoms with van der Waals surface area (Å²) in [6.07, 6.45) is -0.924. The number of ether oxygens (including phenoxy) is 2. The van der Waals surface area contributed by atoms with Gasteiger partial charge in [0.2, 0.25) is 0 Å². The minimum absolute atomic E-state index is 0.0161. The molecular weight excluding hydrogens is 430 g/mol. The number of nitrogens with zero attached hydrogens (tertiary/aromatic N) is 3. The molecule has 1 saturated heterocycles. The van der Waals surface area contributed by atoms with E-state index >= 15 is 0 Å². The summed E-state index contributed by atoms with van der Waals surface area (Å²) in [5.74, 6) is -0.115. The van der Waals surface area contributed by atoms with Gasteiger partial charge in [-0.15, -0.1) is 0 Å². The van der Waals surface area contributed by atoms with Gasteiger partial charge in [0.15, 0.2) is 0 Å². The summed E-state index contributed by atoms with van der Waals surface area (Å²) < 4.78 is 42.2. The molecule has 1 aromatic heterocycles. The van der Waals surface area contributed by atoms with Gasteiger partial charge in [-0.3, -0.25) is 4.90 Å². The zero-order valence-corrected chi connectivity index (χ0v) is 19.8. The van der Waals surface area contributed by atoms with E-state index in [9.17, 15) is 13.6 Å². The largest absolute Gasteiger partial charge is 0.444 e. The molecule has 33 heavy (non-hydrogen) atoms. The lowest BCUT2D eigenvalue weighted by molar-refractivity contribution is -0.0630. The molecule has 9 heteroatoms. The minimum atomic E-state index is -0.820. The Balaban J connectivity index is 1.54. The number of amides is 1. The van der Waals surface area contributed by atoms with Crippen molar-refractivity contribution in [3.8, 4) is 0 Å². The quantitative estimate of drug-likeness (QED) is 0.737. The molecule has 1 fully saturated rings. The van der Waals surface area contributed by atoms with Crippen LogP contribution in [0.25, 0.3) is 0 Å². The van der Waals surface area contributed by atoms with Gasteiger partial charge in [-0.05, 0) is 59.2 Å². The van der Waals surface area contributed by atoms with Crippen molar-refractivity contribution in [3.63, 3.8) is 0 Å². The molecule has 4 rings (SSSR count). The molecule has 180 valence electrons. The van der Waals surface area contributed by atoms with E-state index in [1.54, 1.807) is 20.8 Å². The normalized spacial score (nSPS) is 23.4. The van der Waals surface area contributed by atoms with E-state index in [-0.39, 0.29) is 11.6 Å². The van der Waals surface area contributed by atoms with E-state index in [1.807, 2.05) is 6.92 Å². The Morgan fingerprint density at radius 3 is 2.76 bits per heavy atom. The summed E-state index contributed by atoms with van der Waals surface area (Å²) in [6, 6.07) is 2.68. The Morgan fingerprint density at radius 1 is 1.30 bits per heavy atom. The number of rotatable bonds is 4. The molecule has 7 nitrogen and oxygen atoms in total. The van der Waals surface area contributed by atoms with E-state index in [1.165, 1.54) is 5.69 Å². The highest BCUT2D eigenvalue weighted by Crippen LogP contribution is 2.35. The summed E-state index contributed by atoms with van der Waals surface area (Å²) in [6.45, 7) is 12.0. The lowest BCUT2D eigenvalue weighted by Gasteiger charge is -2.40. The topological polar surface area (TPSA) is 68.6 Å². The summed E-state index contributed by atoms with van der Waals surface area (Å²) in [5.41, 5.74) is 1.67. The predicted molar refractivity (Wildman–Crippen MR) is 118 cm³/mol. The lowest BCUT2D eigenvalue weighted by atomic mass is 9.92. The lowest BCUT2D eigenvalue weighted by Crippen LogP contribution is -2.52. The van der Waals surface area contributed by atoms with Crippen molar-refractivity contribution in [2.45, 2.75) is 84.5 Å². The van der Waals surface area contributed by atoms with E-state index < -0.39 is 35.5 Å². The van der Waals surface area contributed by atoms with Gasteiger partial charge in [-0.2, -0.15) is 0 Å². The summed E-state index contributed by atoms with van der Waals surface area (Å²) in [7, 11) is 0. The highest BCUT2D eigenvalue weighted by Gasteiger charge is 2.40. The fraction of sp³-hybridized carbons (Fsp3) is 0.583. The van der Waals surface area contributed by atoms with Crippen LogP contribution in [-0.4, -0.2) is 44.8 Å². The smallest absolute Gasteiger partial charge is 0.407 e. The van der Waals surface area contributed by atoms with Crippen LogP contribution in [0.2, 0.25) is 0 Å². The minimum Gasteiger partial charge on any atom is -0.444 e. The SMILES string of the molecule is CCn1c(C)nc2c1CN([C@H]1CO[C@H](c3cc(F)ccc3F)[C@@H](NC(=O)OC(C)(C)C)C1)C2. The van der Waals surface area contributed by atoms with Crippen LogP contribution in [-0.2, 0) is 29.1 Å². The van der Waals surface area contributed by atoms with Crippen LogP contribution in [0, 0.1) is 18.6 Å². The van der Waals surface area contributed by atoms with E-state index in [0.29, 0.717) is 19.6 Å². The predicted octanol–water partition coefficient (Wildman–Crippen LogP) is 4.23. The number of imidazole rings is 1. The fourth-order valence-electron chi connectivity index (χ4n) is 4.80. The van der Waals surface area contributed by atoms with E-state index in [2.05, 4.69) is 21.7 Å². The monoisotopic (exact) mass is 462 g/mol. The van der Waals surface area contributed by atoms with Crippen LogP contribution in [0.1, 0.15) is 63.0 Å². The highest BCUT2D eigenvalue weighted by molar-refractivity contribution is 5.68. The second-order valence-corrected chi connectivity index (χ2v) is 9.76. The van der Waals surface area contributed by atoms with Gasteiger partial charge in [-0.1, -0.05) is 0 Å². The maximum absolute atomic E-state index is 14.6. The molecule has 1 amide bonds. The van der Waals surface area contributed by atoms with Crippen LogP contribution in [0.5, 0.6) is 0 Å². The van der Waals surface area contributed by atoms with Crippen molar-refractivity contribution < 1.29 is 23.0 Å². The number of carbonyl (C=O) groups is 1. The van der Waals surface area contributed by atoms with Crippen LogP contribution >= 0.6 is 0 Å². The van der Waals surface area contributed by atoms with Crippen LogP contribution in [0.15, 0.2) is 18.2 Å². The molecular formula is C24H32F2N4O3. The Labute approximate surface area is 193 Å². The Hall–Kier alpha value is -2.52. The Morgan fingerprint density at radius 2 is 2.06 bits per heavy atom. The number of benzene rings is 1. The molecule has 2 aromatic rings. The Kier molecular flexibility index (Phi) is 6.46. The summed E-state index contributed by atoms with van der Waals surface area (Å²) in [4.78, 5) is 19.5. The standard InChI is InChI=1S/C24H32F2N4O3/c1-6-30-14(2)27-20-11-29(12-21(20)30)16-10-19(28-23(31)33-24(3,4)5)22(32-13-16)17-9-15(25)7-8-18(17)26/h7-9,16,19,22H,6,10-13H2,1-5H3,(H,28,31)/t16-,19+,22-/m1/s1. The van der Waals surface area contributed by atoms with Crippen LogP contribution < -0.4 is 5.32 Å². The molecule has 0 saturated carbocycles. The number of hydrogen-bond donors (Lipinski definition) is 1. The molecule has 0 spiro atoms. The maximum Gasteiger partial charge on any atom is 0.407 e. The van der Waals surface area contributed by atoms with Crippen LogP contribution in [0.3, 0.4) is 0 Å². The zero-order chi connectivity index (χ0) is 23.9. The summed E-state index contributed by atoms with van der Waals surface area (Å²) in [5, 5.41) is 2.85. The third-order valence-corrected chi connectivity index (χ3v) is 6.21. The van der Waals surface area contributed by atoms with Crippen molar-refractivity contribution in [2.24, 2.45) is 0 Å². The third kappa shape index (κ3) is 5.04. The summed E-state index contributed by atoms with van der Waals surface area (Å²) >= 11 is 0. The van der Waals surface area contributed by atoms with Gasteiger partial charge in [0.05, 0.1) is 24.0 Å². The molecule has 0 aliphatic carbocycles. The molecule has 1 aromatic carbocycles. The number of fused-ring (bicyclic) bond motifs is 1. The molecule has 1 N–H and O–H groups in total. The van der Waals surface area contributed by atoms with Crippen molar-refractivity contribution in [3.05, 3.63) is 52.6 Å². The second-order valence-electron chi connectivity index (χ2n) is 9.76. The number of hydrogen-bond acceptors (Lipinski definition) is 5. The number of carbonyl (C=O) groups excluding carboxylic acids is 1. The number of aryl methyl sites for hydroxylation is 1. The number of nitrogens with one attached hydrogen (secondary N) is 1. The number of alkyl carbamates (subject to hydrolysis) is 1. The molecule has 2 aliphatic heterocycles. The first-order valence-electron chi connectivity index (χ1n) is 11.4. The molecule has 0 radical (unpaired) electrons. The Bertz CT molecular complexity index is 1030. The molecule has 0 bridgehead atoms. The van der Waals surface area contributed by atoms with E-state index in [0.717, 1.165) is 42.8 Å². The van der Waals surface area contributed by atoms with Crippen LogP contribution in [0.4, 0.5) is 13.6 Å². The van der Waals surface area contributed by atoms with Crippen molar-refractivity contribution >= 4 is 6.09 Å². The zero-order valence-electron chi connectivity index (χ0n) is 19.8. The first-order chi connectivity index (χ1) is 15.6. The number of halogens is 2. The van der Waals surface area contributed by atoms with Gasteiger partial charge in [-0.25, -0.2) is 18.6 Å². The highest BCUT2D eigenvalue weighted by atomic mass is 19.1. The molecule has 0 unspecified atom stereocenters. The van der Waals surface area contributed by atoms with E-state index in [4.69, 9.17) is 14.5 Å². The van der Waals surface area contributed by atoms with Gasteiger partial charge in [0, 0.05) is 31.2 Å². The van der Waals surface area contributed by atoms with Crippen molar-refractivity contribution in [1.82, 2.24) is 19.8 Å². The van der Waals surface area contributed by atoms with Gasteiger partial charge < -0.3 is 19.4 Å². The van der Waals surface area contributed by atoms with Gasteiger partial charge in [0.1, 0.15) is 29.2 Å². The maximum atomic E-state index is 14.6. The molecule has 2 aliphatic rings. The first kappa shape index (κ1) is 23.6. The van der Waals surface area contributed by atoms with Gasteiger partial charge in [0.25, 0.3) is 0 Å². The molecule has 3 atom stereocenters. The average molecular weight is 463 g/mol. The van der Waals surface area contributed by atoms with Crippen molar-refractivity contribution in [1.29, 1.82) is 0 Å². The molecule has 3 heterocycles. The van der Waals surface area contributed by atoms with Crippen molar-refractivity contribution in [2.75, 3.05) is 6.61 Å². The fourth-order valence-corrected chi connectivity index (χ4v) is 4.80. The first-order valence-corrected chi connectivity index (χ1v) is 11.4. The number of aromatic nitrogens is 2. The average Bonchev–Trinajstić information content (AvgIpc) is 3.25. The second kappa shape index (κ2) is 9.02. The third-order valence-electron chi connectivity index (χ3n) is 6.21. The van der Waals surface area contributed by atoms with Gasteiger partial charge >= 0.3 is 6.09 Å².